The van der Waals surface area contributed by atoms with Gasteiger partial charge in [-0.25, -0.2) is 9.48 Å². The molecule has 0 saturated carbocycles. The van der Waals surface area contributed by atoms with E-state index < -0.39 is 0 Å². The van der Waals surface area contributed by atoms with Crippen LogP contribution < -0.4 is 5.32 Å². The largest absolute Gasteiger partial charge is 0.322 e. The molecule has 5 aromatic rings. The first-order chi connectivity index (χ1) is 17.7. The molecule has 6 heteroatoms. The summed E-state index contributed by atoms with van der Waals surface area (Å²) in [5.74, 6) is 0.981. The van der Waals surface area contributed by atoms with E-state index in [0.717, 1.165) is 46.1 Å². The van der Waals surface area contributed by atoms with Crippen molar-refractivity contribution in [3.8, 4) is 11.5 Å². The molecular formula is C30H27N5O. The number of carbonyl (C=O) groups excluding carboxylic acids is 1. The number of hydrogen-bond acceptors (Lipinski definition) is 2. The molecule has 6 nitrogen and oxygen atoms in total. The van der Waals surface area contributed by atoms with Crippen molar-refractivity contribution in [3.05, 3.63) is 132 Å². The van der Waals surface area contributed by atoms with Crippen LogP contribution in [0.4, 0.5) is 10.5 Å². The Balaban J connectivity index is 1.56. The number of nitrogens with zero attached hydrogens (tertiary/aromatic N) is 4. The van der Waals surface area contributed by atoms with Gasteiger partial charge in [0.05, 0.1) is 29.7 Å². The lowest BCUT2D eigenvalue weighted by Crippen LogP contribution is -2.38. The Morgan fingerprint density at radius 2 is 1.56 bits per heavy atom. The van der Waals surface area contributed by atoms with Gasteiger partial charge in [0, 0.05) is 17.4 Å². The fourth-order valence-corrected chi connectivity index (χ4v) is 5.05. The molecule has 1 aliphatic heterocycles. The van der Waals surface area contributed by atoms with Crippen molar-refractivity contribution in [2.75, 3.05) is 5.32 Å². The third-order valence-corrected chi connectivity index (χ3v) is 6.71. The minimum absolute atomic E-state index is 0.148. The van der Waals surface area contributed by atoms with Gasteiger partial charge < -0.3 is 14.8 Å². The van der Waals surface area contributed by atoms with Crippen molar-refractivity contribution < 1.29 is 4.79 Å². The molecule has 36 heavy (non-hydrogen) atoms. The van der Waals surface area contributed by atoms with Crippen molar-refractivity contribution >= 4 is 11.7 Å². The lowest BCUT2D eigenvalue weighted by Gasteiger charge is -2.31. The number of urea groups is 1. The van der Waals surface area contributed by atoms with Crippen molar-refractivity contribution in [2.24, 2.45) is 0 Å². The molecule has 0 fully saturated rings. The van der Waals surface area contributed by atoms with Crippen LogP contribution in [0, 0.1) is 0 Å². The molecule has 3 heterocycles. The van der Waals surface area contributed by atoms with Crippen LogP contribution in [0.15, 0.2) is 109 Å². The van der Waals surface area contributed by atoms with E-state index >= 15 is 0 Å². The molecule has 178 valence electrons. The van der Waals surface area contributed by atoms with Crippen LogP contribution in [-0.4, -0.2) is 25.3 Å². The van der Waals surface area contributed by atoms with Gasteiger partial charge in [0.25, 0.3) is 0 Å². The Bertz CT molecular complexity index is 1490. The molecule has 0 saturated heterocycles. The van der Waals surface area contributed by atoms with Crippen LogP contribution in [0.25, 0.3) is 11.5 Å². The van der Waals surface area contributed by atoms with Crippen LogP contribution in [0.3, 0.4) is 0 Å². The van der Waals surface area contributed by atoms with Crippen LogP contribution in [0.1, 0.15) is 35.5 Å². The molecule has 1 N–H and O–H groups in total. The lowest BCUT2D eigenvalue weighted by atomic mass is 10.0. The molecule has 2 aromatic heterocycles. The van der Waals surface area contributed by atoms with Crippen LogP contribution in [-0.2, 0) is 13.0 Å². The van der Waals surface area contributed by atoms with E-state index in [1.54, 1.807) is 0 Å². The van der Waals surface area contributed by atoms with Gasteiger partial charge in [-0.05, 0) is 48.4 Å². The number of amides is 2. The van der Waals surface area contributed by atoms with Crippen molar-refractivity contribution in [2.45, 2.75) is 25.9 Å². The van der Waals surface area contributed by atoms with Gasteiger partial charge in [-0.2, -0.15) is 5.10 Å². The zero-order valence-electron chi connectivity index (χ0n) is 20.1. The van der Waals surface area contributed by atoms with Crippen molar-refractivity contribution in [1.82, 2.24) is 19.2 Å². The smallest absolute Gasteiger partial charge is 0.308 e. The maximum atomic E-state index is 13.9. The van der Waals surface area contributed by atoms with Gasteiger partial charge >= 0.3 is 6.03 Å². The highest BCUT2D eigenvalue weighted by molar-refractivity contribution is 5.90. The van der Waals surface area contributed by atoms with Gasteiger partial charge in [0.15, 0.2) is 0 Å². The van der Waals surface area contributed by atoms with Crippen molar-refractivity contribution in [1.29, 1.82) is 0 Å². The Kier molecular flexibility index (Phi) is 5.62. The summed E-state index contributed by atoms with van der Waals surface area (Å²) in [6.45, 7) is 2.55. The second kappa shape index (κ2) is 9.23. The average Bonchev–Trinajstić information content (AvgIpc) is 3.51. The van der Waals surface area contributed by atoms with Gasteiger partial charge in [-0.3, -0.25) is 0 Å². The number of para-hydroxylation sites is 2. The molecule has 0 radical (unpaired) electrons. The van der Waals surface area contributed by atoms with Gasteiger partial charge in [0.1, 0.15) is 5.82 Å². The standard InChI is InChI=1S/C30H27N5O/c1-2-26-25-21-34(30(36)31-23-15-8-4-9-16-23)28(22-13-6-3-7-14-22)27-19-12-20-33(27)29(25)35(32-26)24-17-10-5-11-18-24/h3-20,28H,2,21H2,1H3,(H,31,36). The highest BCUT2D eigenvalue weighted by Crippen LogP contribution is 2.38. The fourth-order valence-electron chi connectivity index (χ4n) is 5.05. The van der Waals surface area contributed by atoms with Gasteiger partial charge in [-0.1, -0.05) is 73.7 Å². The number of carbonyl (C=O) groups is 1. The molecule has 0 spiro atoms. The number of aromatic nitrogens is 3. The molecule has 1 atom stereocenters. The van der Waals surface area contributed by atoms with Crippen LogP contribution in [0.5, 0.6) is 0 Å². The first-order valence-electron chi connectivity index (χ1n) is 12.3. The number of anilines is 1. The second-order valence-electron chi connectivity index (χ2n) is 8.89. The molecule has 3 aromatic carbocycles. The Hall–Kier alpha value is -4.58. The lowest BCUT2D eigenvalue weighted by molar-refractivity contribution is 0.194. The summed E-state index contributed by atoms with van der Waals surface area (Å²) in [5, 5.41) is 8.13. The highest BCUT2D eigenvalue weighted by atomic mass is 16.2. The number of rotatable bonds is 4. The fraction of sp³-hybridized carbons (Fsp3) is 0.133. The van der Waals surface area contributed by atoms with E-state index in [2.05, 4.69) is 53.3 Å². The summed E-state index contributed by atoms with van der Waals surface area (Å²) in [6.07, 6.45) is 2.84. The molecule has 2 amide bonds. The molecule has 0 aliphatic carbocycles. The van der Waals surface area contributed by atoms with E-state index in [1.807, 2.05) is 82.4 Å². The number of hydrogen-bond donors (Lipinski definition) is 1. The number of benzene rings is 3. The van der Waals surface area contributed by atoms with Gasteiger partial charge in [-0.15, -0.1) is 0 Å². The second-order valence-corrected chi connectivity index (χ2v) is 8.89. The number of nitrogens with one attached hydrogen (secondary N) is 1. The van der Waals surface area contributed by atoms with E-state index in [0.29, 0.717) is 6.54 Å². The monoisotopic (exact) mass is 473 g/mol. The Morgan fingerprint density at radius 3 is 2.25 bits per heavy atom. The van der Waals surface area contributed by atoms with Crippen LogP contribution >= 0.6 is 0 Å². The molecule has 1 unspecified atom stereocenters. The normalized spacial score (nSPS) is 14.6. The maximum absolute atomic E-state index is 13.9. The van der Waals surface area contributed by atoms with Crippen molar-refractivity contribution in [3.63, 3.8) is 0 Å². The first kappa shape index (κ1) is 21.9. The SMILES string of the molecule is CCc1nn(-c2ccccc2)c2c1CN(C(=O)Nc1ccccc1)C(c1ccccc1)c1cccn1-2. The molecule has 1 aliphatic rings. The zero-order valence-corrected chi connectivity index (χ0v) is 20.1. The average molecular weight is 474 g/mol. The molecule has 0 bridgehead atoms. The molecular weight excluding hydrogens is 446 g/mol. The van der Waals surface area contributed by atoms with E-state index in [9.17, 15) is 4.79 Å². The summed E-state index contributed by atoms with van der Waals surface area (Å²) in [4.78, 5) is 15.8. The predicted molar refractivity (Wildman–Crippen MR) is 142 cm³/mol. The summed E-state index contributed by atoms with van der Waals surface area (Å²) < 4.78 is 4.21. The summed E-state index contributed by atoms with van der Waals surface area (Å²) in [5.41, 5.74) is 5.88. The highest BCUT2D eigenvalue weighted by Gasteiger charge is 2.36. The third-order valence-electron chi connectivity index (χ3n) is 6.71. The minimum Gasteiger partial charge on any atom is -0.308 e. The van der Waals surface area contributed by atoms with E-state index in [4.69, 9.17) is 5.10 Å². The number of fused-ring (bicyclic) bond motifs is 3. The Labute approximate surface area is 210 Å². The third kappa shape index (κ3) is 3.77. The van der Waals surface area contributed by atoms with Gasteiger partial charge in [0.2, 0.25) is 0 Å². The summed E-state index contributed by atoms with van der Waals surface area (Å²) >= 11 is 0. The molecule has 6 rings (SSSR count). The number of aryl methyl sites for hydroxylation is 1. The Morgan fingerprint density at radius 1 is 0.889 bits per heavy atom. The minimum atomic E-state index is -0.272. The van der Waals surface area contributed by atoms with E-state index in [1.165, 1.54) is 0 Å². The predicted octanol–water partition coefficient (Wildman–Crippen LogP) is 6.36. The van der Waals surface area contributed by atoms with E-state index in [-0.39, 0.29) is 12.1 Å². The topological polar surface area (TPSA) is 55.1 Å². The first-order valence-corrected chi connectivity index (χ1v) is 12.3. The quantitative estimate of drug-likeness (QED) is 0.330. The summed E-state index contributed by atoms with van der Waals surface area (Å²) in [6, 6.07) is 33.8. The maximum Gasteiger partial charge on any atom is 0.322 e. The van der Waals surface area contributed by atoms with Crippen LogP contribution in [0.2, 0.25) is 0 Å². The summed E-state index contributed by atoms with van der Waals surface area (Å²) in [7, 11) is 0. The zero-order chi connectivity index (χ0) is 24.5.